The molecule has 1 N–H and O–H groups in total. The average Bonchev–Trinajstić information content (AvgIpc) is 3.06. The van der Waals surface area contributed by atoms with Crippen LogP contribution in [0.3, 0.4) is 0 Å². The van der Waals surface area contributed by atoms with Gasteiger partial charge in [0.05, 0.1) is 0 Å². The van der Waals surface area contributed by atoms with Gasteiger partial charge in [0, 0.05) is 24.8 Å². The third kappa shape index (κ3) is 2.93. The van der Waals surface area contributed by atoms with Crippen molar-refractivity contribution in [2.45, 2.75) is 26.7 Å². The number of carbonyl (C=O) groups excluding carboxylic acids is 1. The van der Waals surface area contributed by atoms with Crippen LogP contribution >= 0.6 is 0 Å². The summed E-state index contributed by atoms with van der Waals surface area (Å²) in [6, 6.07) is 7.81. The molecule has 1 amide bonds. The highest BCUT2D eigenvalue weighted by atomic mass is 16.2. The van der Waals surface area contributed by atoms with Crippen molar-refractivity contribution in [2.24, 2.45) is 0 Å². The van der Waals surface area contributed by atoms with Crippen molar-refractivity contribution >= 4 is 17.4 Å². The van der Waals surface area contributed by atoms with Crippen molar-refractivity contribution in [2.75, 3.05) is 18.4 Å². The van der Waals surface area contributed by atoms with Gasteiger partial charge in [-0.15, -0.1) is 0 Å². The van der Waals surface area contributed by atoms with Gasteiger partial charge < -0.3 is 10.2 Å². The Morgan fingerprint density at radius 3 is 2.73 bits per heavy atom. The number of rotatable bonds is 3. The molecule has 1 saturated heterocycles. The van der Waals surface area contributed by atoms with E-state index in [0.29, 0.717) is 11.5 Å². The second-order valence-electron chi connectivity index (χ2n) is 5.66. The zero-order valence-corrected chi connectivity index (χ0v) is 13.0. The predicted octanol–water partition coefficient (Wildman–Crippen LogP) is 3.07. The lowest BCUT2D eigenvalue weighted by atomic mass is 10.1. The van der Waals surface area contributed by atoms with Crippen LogP contribution in [0.1, 0.15) is 34.5 Å². The number of benzene rings is 1. The van der Waals surface area contributed by atoms with Gasteiger partial charge in [0.1, 0.15) is 17.8 Å². The van der Waals surface area contributed by atoms with E-state index in [9.17, 15) is 4.79 Å². The van der Waals surface area contributed by atoms with Crippen molar-refractivity contribution in [3.05, 3.63) is 47.4 Å². The summed E-state index contributed by atoms with van der Waals surface area (Å²) in [4.78, 5) is 22.6. The monoisotopic (exact) mass is 296 g/mol. The third-order valence-electron chi connectivity index (χ3n) is 4.15. The van der Waals surface area contributed by atoms with Gasteiger partial charge >= 0.3 is 0 Å². The molecule has 114 valence electrons. The molecule has 0 unspecified atom stereocenters. The first kappa shape index (κ1) is 14.5. The average molecular weight is 296 g/mol. The summed E-state index contributed by atoms with van der Waals surface area (Å²) in [5.74, 6) is 0.634. The Balaban J connectivity index is 1.82. The molecule has 2 heterocycles. The van der Waals surface area contributed by atoms with Crippen molar-refractivity contribution in [1.29, 1.82) is 0 Å². The Kier molecular flexibility index (Phi) is 4.04. The lowest BCUT2D eigenvalue weighted by Crippen LogP contribution is -2.28. The summed E-state index contributed by atoms with van der Waals surface area (Å²) in [5, 5.41) is 3.28. The first-order valence-electron chi connectivity index (χ1n) is 7.60. The first-order chi connectivity index (χ1) is 10.6. The van der Waals surface area contributed by atoms with E-state index in [1.807, 2.05) is 17.0 Å². The Bertz CT molecular complexity index is 693. The van der Waals surface area contributed by atoms with Gasteiger partial charge in [-0.05, 0) is 43.9 Å². The van der Waals surface area contributed by atoms with Gasteiger partial charge in [-0.25, -0.2) is 9.97 Å². The lowest BCUT2D eigenvalue weighted by molar-refractivity contribution is 0.0787. The summed E-state index contributed by atoms with van der Waals surface area (Å²) < 4.78 is 0. The minimum Gasteiger partial charge on any atom is -0.340 e. The molecule has 0 radical (unpaired) electrons. The Morgan fingerprint density at radius 1 is 1.18 bits per heavy atom. The standard InChI is InChI=1S/C17H20N4O/c1-12-6-5-7-14(13(12)2)20-16-10-15(18-11-19-16)17(22)21-8-3-4-9-21/h5-7,10-11H,3-4,8-9H2,1-2H3,(H,18,19,20). The number of aryl methyl sites for hydroxylation is 1. The largest absolute Gasteiger partial charge is 0.340 e. The molecule has 1 aromatic heterocycles. The minimum atomic E-state index is -0.0103. The number of amides is 1. The summed E-state index contributed by atoms with van der Waals surface area (Å²) in [6.07, 6.45) is 3.59. The van der Waals surface area contributed by atoms with Gasteiger partial charge in [0.2, 0.25) is 0 Å². The van der Waals surface area contributed by atoms with Crippen LogP contribution in [-0.2, 0) is 0 Å². The summed E-state index contributed by atoms with van der Waals surface area (Å²) >= 11 is 0. The van der Waals surface area contributed by atoms with E-state index in [-0.39, 0.29) is 5.91 Å². The number of likely N-dealkylation sites (tertiary alicyclic amines) is 1. The second-order valence-corrected chi connectivity index (χ2v) is 5.66. The Morgan fingerprint density at radius 2 is 1.95 bits per heavy atom. The summed E-state index contributed by atoms with van der Waals surface area (Å²) in [5.41, 5.74) is 3.84. The molecule has 1 aromatic carbocycles. The molecule has 1 aliphatic rings. The topological polar surface area (TPSA) is 58.1 Å². The highest BCUT2D eigenvalue weighted by molar-refractivity contribution is 5.93. The van der Waals surface area contributed by atoms with E-state index >= 15 is 0 Å². The number of nitrogens with one attached hydrogen (secondary N) is 1. The van der Waals surface area contributed by atoms with Crippen LogP contribution in [0.25, 0.3) is 0 Å². The zero-order chi connectivity index (χ0) is 15.5. The van der Waals surface area contributed by atoms with Crippen LogP contribution in [-0.4, -0.2) is 33.9 Å². The van der Waals surface area contributed by atoms with Crippen molar-refractivity contribution < 1.29 is 4.79 Å². The fourth-order valence-corrected chi connectivity index (χ4v) is 2.65. The van der Waals surface area contributed by atoms with Gasteiger partial charge in [0.25, 0.3) is 5.91 Å². The van der Waals surface area contributed by atoms with Crippen molar-refractivity contribution in [3.63, 3.8) is 0 Å². The van der Waals surface area contributed by atoms with Crippen LogP contribution in [0.15, 0.2) is 30.6 Å². The molecule has 1 aliphatic heterocycles. The summed E-state index contributed by atoms with van der Waals surface area (Å²) in [7, 11) is 0. The number of aromatic nitrogens is 2. The van der Waals surface area contributed by atoms with E-state index in [2.05, 4.69) is 35.2 Å². The molecule has 0 spiro atoms. The predicted molar refractivity (Wildman–Crippen MR) is 86.4 cm³/mol. The van der Waals surface area contributed by atoms with Crippen molar-refractivity contribution in [3.8, 4) is 0 Å². The van der Waals surface area contributed by atoms with Gasteiger partial charge in [-0.1, -0.05) is 12.1 Å². The van der Waals surface area contributed by atoms with Gasteiger partial charge in [-0.3, -0.25) is 4.79 Å². The number of hydrogen-bond donors (Lipinski definition) is 1. The second kappa shape index (κ2) is 6.13. The molecule has 3 rings (SSSR count). The molecule has 0 aliphatic carbocycles. The number of carbonyl (C=O) groups is 1. The normalized spacial score (nSPS) is 14.2. The molecule has 1 fully saturated rings. The molecular weight excluding hydrogens is 276 g/mol. The van der Waals surface area contributed by atoms with Crippen LogP contribution in [0, 0.1) is 13.8 Å². The molecular formula is C17H20N4O. The molecule has 22 heavy (non-hydrogen) atoms. The van der Waals surface area contributed by atoms with E-state index in [0.717, 1.165) is 31.6 Å². The van der Waals surface area contributed by atoms with E-state index in [1.165, 1.54) is 17.5 Å². The van der Waals surface area contributed by atoms with E-state index < -0.39 is 0 Å². The molecule has 5 nitrogen and oxygen atoms in total. The van der Waals surface area contributed by atoms with Gasteiger partial charge in [0.15, 0.2) is 0 Å². The SMILES string of the molecule is Cc1cccc(Nc2cc(C(=O)N3CCCC3)ncn2)c1C. The van der Waals surface area contributed by atoms with E-state index in [1.54, 1.807) is 6.07 Å². The smallest absolute Gasteiger partial charge is 0.272 e. The van der Waals surface area contributed by atoms with Crippen LogP contribution in [0.2, 0.25) is 0 Å². The molecule has 0 bridgehead atoms. The fraction of sp³-hybridized carbons (Fsp3) is 0.353. The fourth-order valence-electron chi connectivity index (χ4n) is 2.65. The number of nitrogens with zero attached hydrogens (tertiary/aromatic N) is 3. The quantitative estimate of drug-likeness (QED) is 0.945. The van der Waals surface area contributed by atoms with Crippen molar-refractivity contribution in [1.82, 2.24) is 14.9 Å². The highest BCUT2D eigenvalue weighted by Gasteiger charge is 2.20. The molecule has 0 atom stereocenters. The molecule has 0 saturated carbocycles. The lowest BCUT2D eigenvalue weighted by Gasteiger charge is -2.15. The maximum atomic E-state index is 12.4. The van der Waals surface area contributed by atoms with Gasteiger partial charge in [-0.2, -0.15) is 0 Å². The Hall–Kier alpha value is -2.43. The van der Waals surface area contributed by atoms with E-state index in [4.69, 9.17) is 0 Å². The summed E-state index contributed by atoms with van der Waals surface area (Å²) in [6.45, 7) is 5.78. The van der Waals surface area contributed by atoms with Crippen LogP contribution < -0.4 is 5.32 Å². The highest BCUT2D eigenvalue weighted by Crippen LogP contribution is 2.22. The maximum Gasteiger partial charge on any atom is 0.272 e. The first-order valence-corrected chi connectivity index (χ1v) is 7.60. The third-order valence-corrected chi connectivity index (χ3v) is 4.15. The number of anilines is 2. The molecule has 2 aromatic rings. The maximum absolute atomic E-state index is 12.4. The molecule has 5 heteroatoms. The zero-order valence-electron chi connectivity index (χ0n) is 13.0. The van der Waals surface area contributed by atoms with Crippen LogP contribution in [0.4, 0.5) is 11.5 Å². The Labute approximate surface area is 130 Å². The minimum absolute atomic E-state index is 0.0103. The van der Waals surface area contributed by atoms with Crippen LogP contribution in [0.5, 0.6) is 0 Å². The number of hydrogen-bond acceptors (Lipinski definition) is 4.